The predicted molar refractivity (Wildman–Crippen MR) is 82.1 cm³/mol. The molecule has 2 aromatic carbocycles. The van der Waals surface area contributed by atoms with Crippen LogP contribution in [0.3, 0.4) is 0 Å². The molecule has 106 valence electrons. The molecule has 0 bridgehead atoms. The number of amides is 1. The van der Waals surface area contributed by atoms with Crippen LogP contribution >= 0.6 is 0 Å². The van der Waals surface area contributed by atoms with Crippen LogP contribution in [0, 0.1) is 11.3 Å². The van der Waals surface area contributed by atoms with Crippen molar-refractivity contribution in [2.24, 2.45) is 0 Å². The molecule has 1 amide bonds. The summed E-state index contributed by atoms with van der Waals surface area (Å²) in [5.74, 6) is -0.340. The van der Waals surface area contributed by atoms with Crippen LogP contribution in [0.5, 0.6) is 0 Å². The Hall–Kier alpha value is -2.45. The molecule has 2 rings (SSSR count). The summed E-state index contributed by atoms with van der Waals surface area (Å²) in [6.45, 7) is 1.62. The zero-order valence-electron chi connectivity index (χ0n) is 11.4. The molecule has 21 heavy (non-hydrogen) atoms. The Morgan fingerprint density at radius 2 is 1.90 bits per heavy atom. The molecule has 1 N–H and O–H groups in total. The fourth-order valence-electron chi connectivity index (χ4n) is 1.77. The van der Waals surface area contributed by atoms with Gasteiger partial charge in [0.15, 0.2) is 0 Å². The summed E-state index contributed by atoms with van der Waals surface area (Å²) in [6, 6.07) is 17.5. The van der Waals surface area contributed by atoms with E-state index in [2.05, 4.69) is 5.32 Å². The van der Waals surface area contributed by atoms with Gasteiger partial charge in [-0.25, -0.2) is 0 Å². The van der Waals surface area contributed by atoms with E-state index >= 15 is 0 Å². The van der Waals surface area contributed by atoms with Crippen LogP contribution in [-0.4, -0.2) is 15.4 Å². The number of benzene rings is 2. The molecule has 0 aliphatic heterocycles. The van der Waals surface area contributed by atoms with Crippen LogP contribution in [0.25, 0.3) is 0 Å². The number of nitrogens with one attached hydrogen (secondary N) is 1. The van der Waals surface area contributed by atoms with Crippen LogP contribution in [0.2, 0.25) is 0 Å². The van der Waals surface area contributed by atoms with Crippen molar-refractivity contribution < 1.29 is 9.00 Å². The van der Waals surface area contributed by atoms with E-state index in [1.54, 1.807) is 55.5 Å². The lowest BCUT2D eigenvalue weighted by molar-refractivity contribution is -0.115. The minimum absolute atomic E-state index is 0.340. The lowest BCUT2D eigenvalue weighted by atomic mass is 10.2. The highest BCUT2D eigenvalue weighted by Crippen LogP contribution is 2.14. The Balaban J connectivity index is 2.09. The number of hydrogen-bond acceptors (Lipinski definition) is 3. The standard InChI is InChI=1S/C16H14N2O2S/c1-12(21(20)15-8-3-2-4-9-15)16(19)18-14-7-5-6-13(10-14)11-17/h2-10,12H,1H3,(H,18,19). The van der Waals surface area contributed by atoms with E-state index in [0.29, 0.717) is 16.1 Å². The first kappa shape index (κ1) is 14.9. The van der Waals surface area contributed by atoms with Crippen molar-refractivity contribution in [3.63, 3.8) is 0 Å². The molecule has 2 atom stereocenters. The largest absolute Gasteiger partial charge is 0.325 e. The number of nitriles is 1. The molecule has 0 fully saturated rings. The summed E-state index contributed by atoms with van der Waals surface area (Å²) in [5, 5.41) is 10.8. The molecule has 0 heterocycles. The lowest BCUT2D eigenvalue weighted by Gasteiger charge is -2.12. The summed E-state index contributed by atoms with van der Waals surface area (Å²) < 4.78 is 12.3. The topological polar surface area (TPSA) is 70.0 Å². The van der Waals surface area contributed by atoms with Crippen molar-refractivity contribution in [1.29, 1.82) is 5.26 Å². The van der Waals surface area contributed by atoms with Crippen molar-refractivity contribution in [2.45, 2.75) is 17.1 Å². The Bertz CT molecular complexity index is 708. The molecule has 0 saturated carbocycles. The third kappa shape index (κ3) is 3.77. The average Bonchev–Trinajstić information content (AvgIpc) is 2.54. The zero-order chi connectivity index (χ0) is 15.2. The van der Waals surface area contributed by atoms with Gasteiger partial charge in [-0.05, 0) is 37.3 Å². The van der Waals surface area contributed by atoms with E-state index < -0.39 is 16.0 Å². The van der Waals surface area contributed by atoms with Gasteiger partial charge in [-0.2, -0.15) is 5.26 Å². The Morgan fingerprint density at radius 3 is 2.57 bits per heavy atom. The number of carbonyl (C=O) groups is 1. The molecule has 0 spiro atoms. The van der Waals surface area contributed by atoms with E-state index in [4.69, 9.17) is 5.26 Å². The van der Waals surface area contributed by atoms with Crippen molar-refractivity contribution in [1.82, 2.24) is 0 Å². The number of carbonyl (C=O) groups excluding carboxylic acids is 1. The summed E-state index contributed by atoms with van der Waals surface area (Å²) in [6.07, 6.45) is 0. The summed E-state index contributed by atoms with van der Waals surface area (Å²) >= 11 is 0. The SMILES string of the molecule is CC(C(=O)Nc1cccc(C#N)c1)S(=O)c1ccccc1. The first-order chi connectivity index (χ1) is 10.1. The molecule has 0 saturated heterocycles. The first-order valence-corrected chi connectivity index (χ1v) is 7.60. The smallest absolute Gasteiger partial charge is 0.240 e. The summed E-state index contributed by atoms with van der Waals surface area (Å²) in [5.41, 5.74) is 0.987. The van der Waals surface area contributed by atoms with Gasteiger partial charge in [0.1, 0.15) is 5.25 Å². The van der Waals surface area contributed by atoms with Crippen LogP contribution in [-0.2, 0) is 15.6 Å². The average molecular weight is 298 g/mol. The zero-order valence-corrected chi connectivity index (χ0v) is 12.3. The third-order valence-corrected chi connectivity index (χ3v) is 4.52. The van der Waals surface area contributed by atoms with Gasteiger partial charge >= 0.3 is 0 Å². The van der Waals surface area contributed by atoms with Crippen molar-refractivity contribution in [2.75, 3.05) is 5.32 Å². The summed E-state index contributed by atoms with van der Waals surface area (Å²) in [4.78, 5) is 12.8. The molecule has 0 aliphatic rings. The Labute approximate surface area is 125 Å². The van der Waals surface area contributed by atoms with E-state index in [9.17, 15) is 9.00 Å². The molecular weight excluding hydrogens is 284 g/mol. The quantitative estimate of drug-likeness (QED) is 0.943. The highest BCUT2D eigenvalue weighted by molar-refractivity contribution is 7.86. The maximum absolute atomic E-state index is 12.3. The van der Waals surface area contributed by atoms with Crippen LogP contribution in [0.1, 0.15) is 12.5 Å². The van der Waals surface area contributed by atoms with Gasteiger partial charge in [-0.15, -0.1) is 0 Å². The minimum atomic E-state index is -1.42. The molecule has 4 nitrogen and oxygen atoms in total. The number of rotatable bonds is 4. The second-order valence-corrected chi connectivity index (χ2v) is 6.21. The van der Waals surface area contributed by atoms with E-state index in [0.717, 1.165) is 0 Å². The Kier molecular flexibility index (Phi) is 4.85. The first-order valence-electron chi connectivity index (χ1n) is 6.38. The fourth-order valence-corrected chi connectivity index (χ4v) is 2.85. The highest BCUT2D eigenvalue weighted by atomic mass is 32.2. The van der Waals surface area contributed by atoms with Gasteiger partial charge in [0.05, 0.1) is 22.4 Å². The van der Waals surface area contributed by atoms with Crippen molar-refractivity contribution in [3.8, 4) is 6.07 Å². The monoisotopic (exact) mass is 298 g/mol. The molecular formula is C16H14N2O2S. The summed E-state index contributed by atoms with van der Waals surface area (Å²) in [7, 11) is -1.42. The van der Waals surface area contributed by atoms with E-state index in [1.165, 1.54) is 0 Å². The Morgan fingerprint density at radius 1 is 1.19 bits per heavy atom. The third-order valence-electron chi connectivity index (χ3n) is 2.93. The van der Waals surface area contributed by atoms with Crippen LogP contribution < -0.4 is 5.32 Å². The highest BCUT2D eigenvalue weighted by Gasteiger charge is 2.21. The maximum atomic E-state index is 12.3. The van der Waals surface area contributed by atoms with Gasteiger partial charge < -0.3 is 5.32 Å². The normalized spacial score (nSPS) is 13.0. The van der Waals surface area contributed by atoms with Gasteiger partial charge in [0.25, 0.3) is 0 Å². The maximum Gasteiger partial charge on any atom is 0.240 e. The van der Waals surface area contributed by atoms with Gasteiger partial charge in [0.2, 0.25) is 5.91 Å². The predicted octanol–water partition coefficient (Wildman–Crippen LogP) is 2.69. The van der Waals surface area contributed by atoms with Gasteiger partial charge in [-0.1, -0.05) is 24.3 Å². The second-order valence-electron chi connectivity index (χ2n) is 4.43. The molecule has 0 aliphatic carbocycles. The molecule has 0 radical (unpaired) electrons. The number of nitrogens with zero attached hydrogens (tertiary/aromatic N) is 1. The van der Waals surface area contributed by atoms with Crippen LogP contribution in [0.15, 0.2) is 59.5 Å². The number of hydrogen-bond donors (Lipinski definition) is 1. The van der Waals surface area contributed by atoms with E-state index in [1.807, 2.05) is 12.1 Å². The van der Waals surface area contributed by atoms with Crippen molar-refractivity contribution in [3.05, 3.63) is 60.2 Å². The van der Waals surface area contributed by atoms with Gasteiger partial charge in [0, 0.05) is 10.6 Å². The van der Waals surface area contributed by atoms with Gasteiger partial charge in [-0.3, -0.25) is 9.00 Å². The van der Waals surface area contributed by atoms with Crippen molar-refractivity contribution >= 4 is 22.4 Å². The minimum Gasteiger partial charge on any atom is -0.325 e. The second kappa shape index (κ2) is 6.82. The van der Waals surface area contributed by atoms with Crippen LogP contribution in [0.4, 0.5) is 5.69 Å². The number of anilines is 1. The molecule has 2 aromatic rings. The molecule has 2 unspecified atom stereocenters. The fraction of sp³-hybridized carbons (Fsp3) is 0.125. The lowest BCUT2D eigenvalue weighted by Crippen LogP contribution is -2.29. The van der Waals surface area contributed by atoms with E-state index in [-0.39, 0.29) is 5.91 Å². The molecule has 0 aromatic heterocycles. The molecule has 5 heteroatoms.